The largest absolute Gasteiger partial charge is 0.489 e. The minimum Gasteiger partial charge on any atom is -0.489 e. The zero-order valence-electron chi connectivity index (χ0n) is 15.5. The molecule has 1 fully saturated rings. The summed E-state index contributed by atoms with van der Waals surface area (Å²) in [6.45, 7) is 6.49. The Kier molecular flexibility index (Phi) is 6.30. The van der Waals surface area contributed by atoms with Crippen LogP contribution >= 0.6 is 0 Å². The summed E-state index contributed by atoms with van der Waals surface area (Å²) < 4.78 is 5.92. The van der Waals surface area contributed by atoms with E-state index in [1.807, 2.05) is 55.7 Å². The molecule has 2 heterocycles. The van der Waals surface area contributed by atoms with E-state index >= 15 is 0 Å². The van der Waals surface area contributed by atoms with E-state index in [1.165, 1.54) is 0 Å². The molecular weight excluding hydrogens is 326 g/mol. The fourth-order valence-corrected chi connectivity index (χ4v) is 3.03. The van der Waals surface area contributed by atoms with E-state index in [2.05, 4.69) is 38.1 Å². The Labute approximate surface area is 155 Å². The second-order valence-corrected chi connectivity index (χ2v) is 6.33. The lowest BCUT2D eigenvalue weighted by molar-refractivity contribution is 0.221. The van der Waals surface area contributed by atoms with Crippen molar-refractivity contribution >= 4 is 11.8 Å². The Morgan fingerprint density at radius 1 is 1.12 bits per heavy atom. The average molecular weight is 353 g/mol. The van der Waals surface area contributed by atoms with Crippen LogP contribution < -0.4 is 15.0 Å². The molecule has 1 aliphatic rings. The van der Waals surface area contributed by atoms with E-state index in [9.17, 15) is 0 Å². The van der Waals surface area contributed by atoms with Crippen molar-refractivity contribution in [3.8, 4) is 5.75 Å². The first-order chi connectivity index (χ1) is 12.8. The third-order valence-corrected chi connectivity index (χ3v) is 4.39. The fraction of sp³-hybridized carbons (Fsp3) is 0.400. The van der Waals surface area contributed by atoms with E-state index in [0.29, 0.717) is 6.54 Å². The Morgan fingerprint density at radius 3 is 2.50 bits per heavy atom. The summed E-state index contributed by atoms with van der Waals surface area (Å²) in [4.78, 5) is 13.5. The number of benzene rings is 1. The van der Waals surface area contributed by atoms with Gasteiger partial charge in [-0.3, -0.25) is 4.99 Å². The van der Waals surface area contributed by atoms with Crippen LogP contribution in [0.3, 0.4) is 0 Å². The predicted molar refractivity (Wildman–Crippen MR) is 106 cm³/mol. The number of rotatable bonds is 5. The highest BCUT2D eigenvalue weighted by atomic mass is 16.5. The first-order valence-corrected chi connectivity index (χ1v) is 9.09. The molecule has 26 heavy (non-hydrogen) atoms. The molecule has 1 unspecified atom stereocenters. The van der Waals surface area contributed by atoms with E-state index in [0.717, 1.165) is 43.7 Å². The molecule has 138 valence electrons. The van der Waals surface area contributed by atoms with Gasteiger partial charge in [-0.25, -0.2) is 4.98 Å². The topological polar surface area (TPSA) is 53.0 Å². The van der Waals surface area contributed by atoms with Gasteiger partial charge in [-0.1, -0.05) is 24.3 Å². The van der Waals surface area contributed by atoms with Crippen molar-refractivity contribution in [1.82, 2.24) is 15.2 Å². The van der Waals surface area contributed by atoms with Crippen LogP contribution in [0.5, 0.6) is 5.75 Å². The van der Waals surface area contributed by atoms with Crippen molar-refractivity contribution < 1.29 is 4.74 Å². The molecule has 3 rings (SSSR count). The molecule has 1 saturated heterocycles. The smallest absolute Gasteiger partial charge is 0.193 e. The molecule has 1 aliphatic heterocycles. The highest BCUT2D eigenvalue weighted by molar-refractivity contribution is 5.80. The van der Waals surface area contributed by atoms with Gasteiger partial charge in [0.1, 0.15) is 17.7 Å². The Hall–Kier alpha value is -2.76. The summed E-state index contributed by atoms with van der Waals surface area (Å²) in [6, 6.07) is 15.9. The molecule has 0 saturated carbocycles. The van der Waals surface area contributed by atoms with Crippen LogP contribution in [0.2, 0.25) is 0 Å². The second kappa shape index (κ2) is 9.08. The number of para-hydroxylation sites is 1. The predicted octanol–water partition coefficient (Wildman–Crippen LogP) is 2.25. The van der Waals surface area contributed by atoms with Crippen molar-refractivity contribution in [3.05, 3.63) is 54.7 Å². The highest BCUT2D eigenvalue weighted by Crippen LogP contribution is 2.13. The maximum atomic E-state index is 5.92. The summed E-state index contributed by atoms with van der Waals surface area (Å²) in [5.74, 6) is 2.86. The molecular formula is C20H27N5O. The average Bonchev–Trinajstić information content (AvgIpc) is 2.70. The van der Waals surface area contributed by atoms with Gasteiger partial charge in [0.25, 0.3) is 0 Å². The fourth-order valence-electron chi connectivity index (χ4n) is 3.03. The van der Waals surface area contributed by atoms with Crippen molar-refractivity contribution in [2.24, 2.45) is 4.99 Å². The van der Waals surface area contributed by atoms with Gasteiger partial charge in [0.05, 0.1) is 6.54 Å². The molecule has 2 aromatic rings. The lowest BCUT2D eigenvalue weighted by Gasteiger charge is -2.37. The second-order valence-electron chi connectivity index (χ2n) is 6.33. The highest BCUT2D eigenvalue weighted by Gasteiger charge is 2.20. The number of hydrogen-bond acceptors (Lipinski definition) is 4. The van der Waals surface area contributed by atoms with Gasteiger partial charge in [0.15, 0.2) is 5.96 Å². The minimum absolute atomic E-state index is 0.0592. The number of ether oxygens (including phenoxy) is 1. The van der Waals surface area contributed by atoms with E-state index in [-0.39, 0.29) is 6.10 Å². The number of nitrogens with zero attached hydrogens (tertiary/aromatic N) is 4. The molecule has 1 N–H and O–H groups in total. The standard InChI is InChI=1S/C20H27N5O/c1-17(26-18-8-4-3-5-9-18)16-23-20(21-2)25-14-12-24(13-15-25)19-10-6-7-11-22-19/h3-11,17H,12-16H2,1-2H3,(H,21,23). The Bertz CT molecular complexity index is 684. The molecule has 0 radical (unpaired) electrons. The molecule has 0 aliphatic carbocycles. The molecule has 1 aromatic heterocycles. The van der Waals surface area contributed by atoms with Gasteiger partial charge in [0.2, 0.25) is 0 Å². The summed E-state index contributed by atoms with van der Waals surface area (Å²) in [6.07, 6.45) is 1.90. The lowest BCUT2D eigenvalue weighted by atomic mass is 10.3. The van der Waals surface area contributed by atoms with Crippen LogP contribution in [0.25, 0.3) is 0 Å². The zero-order valence-corrected chi connectivity index (χ0v) is 15.5. The van der Waals surface area contributed by atoms with Crippen LogP contribution in [0.4, 0.5) is 5.82 Å². The summed E-state index contributed by atoms with van der Waals surface area (Å²) in [5.41, 5.74) is 0. The van der Waals surface area contributed by atoms with Crippen LogP contribution in [0, 0.1) is 0 Å². The molecule has 1 aromatic carbocycles. The van der Waals surface area contributed by atoms with Gasteiger partial charge in [-0.05, 0) is 31.2 Å². The molecule has 0 spiro atoms. The normalized spacial score (nSPS) is 16.3. The number of piperazine rings is 1. The van der Waals surface area contributed by atoms with Crippen LogP contribution in [0.15, 0.2) is 59.7 Å². The van der Waals surface area contributed by atoms with E-state index in [4.69, 9.17) is 4.74 Å². The van der Waals surface area contributed by atoms with E-state index in [1.54, 1.807) is 0 Å². The van der Waals surface area contributed by atoms with Crippen LogP contribution in [0.1, 0.15) is 6.92 Å². The maximum Gasteiger partial charge on any atom is 0.193 e. The quantitative estimate of drug-likeness (QED) is 0.660. The van der Waals surface area contributed by atoms with Crippen molar-refractivity contribution in [3.63, 3.8) is 0 Å². The van der Waals surface area contributed by atoms with Gasteiger partial charge < -0.3 is 19.9 Å². The molecule has 0 amide bonds. The number of hydrogen-bond donors (Lipinski definition) is 1. The summed E-state index contributed by atoms with van der Waals surface area (Å²) >= 11 is 0. The van der Waals surface area contributed by atoms with E-state index < -0.39 is 0 Å². The van der Waals surface area contributed by atoms with Crippen molar-refractivity contribution in [2.75, 3.05) is 44.7 Å². The van der Waals surface area contributed by atoms with Gasteiger partial charge in [0, 0.05) is 39.4 Å². The SMILES string of the molecule is CN=C(NCC(C)Oc1ccccc1)N1CCN(c2ccccn2)CC1. The van der Waals surface area contributed by atoms with Gasteiger partial charge in [-0.15, -0.1) is 0 Å². The minimum atomic E-state index is 0.0592. The van der Waals surface area contributed by atoms with Crippen molar-refractivity contribution in [2.45, 2.75) is 13.0 Å². The first kappa shape index (κ1) is 18.0. The van der Waals surface area contributed by atoms with Crippen LogP contribution in [-0.4, -0.2) is 61.7 Å². The third kappa shape index (κ3) is 4.88. The van der Waals surface area contributed by atoms with Gasteiger partial charge in [-0.2, -0.15) is 0 Å². The number of guanidine groups is 1. The molecule has 6 nitrogen and oxygen atoms in total. The van der Waals surface area contributed by atoms with Gasteiger partial charge >= 0.3 is 0 Å². The first-order valence-electron chi connectivity index (χ1n) is 9.09. The van der Waals surface area contributed by atoms with Crippen LogP contribution in [-0.2, 0) is 0 Å². The number of aliphatic imine (C=N–C) groups is 1. The number of pyridine rings is 1. The summed E-state index contributed by atoms with van der Waals surface area (Å²) in [7, 11) is 1.83. The number of anilines is 1. The lowest BCUT2D eigenvalue weighted by Crippen LogP contribution is -2.53. The Balaban J connectivity index is 1.46. The Morgan fingerprint density at radius 2 is 1.85 bits per heavy atom. The van der Waals surface area contributed by atoms with Crippen molar-refractivity contribution in [1.29, 1.82) is 0 Å². The summed E-state index contributed by atoms with van der Waals surface area (Å²) in [5, 5.41) is 3.43. The molecule has 1 atom stereocenters. The molecule has 6 heteroatoms. The zero-order chi connectivity index (χ0) is 18.2. The number of aromatic nitrogens is 1. The maximum absolute atomic E-state index is 5.92. The number of nitrogens with one attached hydrogen (secondary N) is 1. The molecule has 0 bridgehead atoms. The monoisotopic (exact) mass is 353 g/mol. The third-order valence-electron chi connectivity index (χ3n) is 4.39.